The zero-order chi connectivity index (χ0) is 20.1. The highest BCUT2D eigenvalue weighted by Gasteiger charge is 2.25. The minimum Gasteiger partial charge on any atom is -0.486 e. The standard InChI is InChI=1S/C23H29FN2O3/c24-18-5-7-20(8-6-18)28-16-21-9-10-22(29-21)23(27)25-19-11-13-26(14-12-19)15-17-3-1-2-4-17/h5-10,17,19H,1-4,11-16H2,(H,25,27). The molecule has 2 fully saturated rings. The fourth-order valence-corrected chi connectivity index (χ4v) is 4.34. The van der Waals surface area contributed by atoms with Crippen molar-refractivity contribution in [3.8, 4) is 5.75 Å². The van der Waals surface area contributed by atoms with Gasteiger partial charge in [-0.2, -0.15) is 0 Å². The van der Waals surface area contributed by atoms with Gasteiger partial charge in [0.15, 0.2) is 5.76 Å². The molecule has 1 aromatic carbocycles. The topological polar surface area (TPSA) is 54.7 Å². The van der Waals surface area contributed by atoms with E-state index in [4.69, 9.17) is 9.15 Å². The second kappa shape index (κ2) is 9.44. The fourth-order valence-electron chi connectivity index (χ4n) is 4.34. The SMILES string of the molecule is O=C(NC1CCN(CC2CCCC2)CC1)c1ccc(COc2ccc(F)cc2)o1. The van der Waals surface area contributed by atoms with Gasteiger partial charge in [0.05, 0.1) is 0 Å². The van der Waals surface area contributed by atoms with Crippen LogP contribution >= 0.6 is 0 Å². The number of carbonyl (C=O) groups is 1. The quantitative estimate of drug-likeness (QED) is 0.749. The van der Waals surface area contributed by atoms with E-state index in [9.17, 15) is 9.18 Å². The number of ether oxygens (including phenoxy) is 1. The maximum Gasteiger partial charge on any atom is 0.287 e. The fraction of sp³-hybridized carbons (Fsp3) is 0.522. The molecule has 1 saturated heterocycles. The molecular formula is C23H29FN2O3. The molecule has 2 aromatic rings. The van der Waals surface area contributed by atoms with Gasteiger partial charge >= 0.3 is 0 Å². The summed E-state index contributed by atoms with van der Waals surface area (Å²) in [7, 11) is 0. The van der Waals surface area contributed by atoms with Crippen molar-refractivity contribution in [3.05, 3.63) is 53.7 Å². The number of likely N-dealkylation sites (tertiary alicyclic amines) is 1. The van der Waals surface area contributed by atoms with Crippen molar-refractivity contribution in [2.24, 2.45) is 5.92 Å². The van der Waals surface area contributed by atoms with Gasteiger partial charge in [0.2, 0.25) is 0 Å². The van der Waals surface area contributed by atoms with E-state index >= 15 is 0 Å². The maximum absolute atomic E-state index is 12.9. The van der Waals surface area contributed by atoms with Gasteiger partial charge in [-0.1, -0.05) is 12.8 Å². The molecule has 1 aliphatic heterocycles. The van der Waals surface area contributed by atoms with Crippen LogP contribution in [0.25, 0.3) is 0 Å². The monoisotopic (exact) mass is 400 g/mol. The highest BCUT2D eigenvalue weighted by molar-refractivity contribution is 5.91. The summed E-state index contributed by atoms with van der Waals surface area (Å²) in [5.41, 5.74) is 0. The van der Waals surface area contributed by atoms with Crippen molar-refractivity contribution in [3.63, 3.8) is 0 Å². The lowest BCUT2D eigenvalue weighted by Gasteiger charge is -2.33. The van der Waals surface area contributed by atoms with E-state index in [1.807, 2.05) is 0 Å². The summed E-state index contributed by atoms with van der Waals surface area (Å²) in [6, 6.07) is 9.42. The van der Waals surface area contributed by atoms with E-state index in [2.05, 4.69) is 10.2 Å². The summed E-state index contributed by atoms with van der Waals surface area (Å²) in [5, 5.41) is 3.10. The molecule has 1 aromatic heterocycles. The number of hydrogen-bond acceptors (Lipinski definition) is 4. The zero-order valence-corrected chi connectivity index (χ0v) is 16.7. The van der Waals surface area contributed by atoms with Gasteiger partial charge in [-0.15, -0.1) is 0 Å². The number of carbonyl (C=O) groups excluding carboxylic acids is 1. The number of benzene rings is 1. The molecule has 5 nitrogen and oxygen atoms in total. The van der Waals surface area contributed by atoms with Crippen LogP contribution < -0.4 is 10.1 Å². The van der Waals surface area contributed by atoms with Gasteiger partial charge in [-0.05, 0) is 68.0 Å². The predicted molar refractivity (Wildman–Crippen MR) is 108 cm³/mol. The molecule has 1 aliphatic carbocycles. The van der Waals surface area contributed by atoms with E-state index in [1.54, 1.807) is 24.3 Å². The van der Waals surface area contributed by atoms with E-state index in [0.29, 0.717) is 17.3 Å². The normalized spacial score (nSPS) is 18.8. The van der Waals surface area contributed by atoms with Crippen LogP contribution in [-0.4, -0.2) is 36.5 Å². The van der Waals surface area contributed by atoms with Crippen molar-refractivity contribution in [1.29, 1.82) is 0 Å². The third-order valence-electron chi connectivity index (χ3n) is 5.99. The molecule has 0 bridgehead atoms. The lowest BCUT2D eigenvalue weighted by atomic mass is 10.0. The Hall–Kier alpha value is -2.34. The predicted octanol–water partition coefficient (Wildman–Crippen LogP) is 4.38. The van der Waals surface area contributed by atoms with Gasteiger partial charge < -0.3 is 19.4 Å². The average molecular weight is 400 g/mol. The molecule has 1 amide bonds. The molecule has 29 heavy (non-hydrogen) atoms. The summed E-state index contributed by atoms with van der Waals surface area (Å²) < 4.78 is 24.1. The first-order chi connectivity index (χ1) is 14.2. The van der Waals surface area contributed by atoms with E-state index in [0.717, 1.165) is 31.8 Å². The number of furan rings is 1. The minimum atomic E-state index is -0.307. The molecule has 0 unspecified atom stereocenters. The Labute approximate surface area is 171 Å². The van der Waals surface area contributed by atoms with E-state index in [1.165, 1.54) is 44.4 Å². The molecule has 2 heterocycles. The van der Waals surface area contributed by atoms with Crippen LogP contribution in [0, 0.1) is 11.7 Å². The number of piperidine rings is 1. The number of nitrogens with one attached hydrogen (secondary N) is 1. The lowest BCUT2D eigenvalue weighted by Crippen LogP contribution is -2.45. The van der Waals surface area contributed by atoms with Gasteiger partial charge in [-0.25, -0.2) is 4.39 Å². The highest BCUT2D eigenvalue weighted by atomic mass is 19.1. The van der Waals surface area contributed by atoms with Gasteiger partial charge in [-0.3, -0.25) is 4.79 Å². The first kappa shape index (κ1) is 20.0. The number of amides is 1. The average Bonchev–Trinajstić information content (AvgIpc) is 3.41. The number of hydrogen-bond donors (Lipinski definition) is 1. The Balaban J connectivity index is 1.20. The molecule has 1 N–H and O–H groups in total. The minimum absolute atomic E-state index is 0.174. The van der Waals surface area contributed by atoms with E-state index in [-0.39, 0.29) is 24.4 Å². The number of rotatable bonds is 7. The Morgan fingerprint density at radius 1 is 1.07 bits per heavy atom. The summed E-state index contributed by atoms with van der Waals surface area (Å²) in [6.45, 7) is 3.52. The van der Waals surface area contributed by atoms with Crippen LogP contribution in [0.15, 0.2) is 40.8 Å². The number of halogens is 1. The summed E-state index contributed by atoms with van der Waals surface area (Å²) >= 11 is 0. The van der Waals surface area contributed by atoms with Crippen molar-refractivity contribution in [2.75, 3.05) is 19.6 Å². The van der Waals surface area contributed by atoms with Crippen molar-refractivity contribution < 1.29 is 18.3 Å². The molecular weight excluding hydrogens is 371 g/mol. The van der Waals surface area contributed by atoms with Gasteiger partial charge in [0.25, 0.3) is 5.91 Å². The van der Waals surface area contributed by atoms with Crippen LogP contribution in [0.3, 0.4) is 0 Å². The Morgan fingerprint density at radius 3 is 2.52 bits per heavy atom. The molecule has 0 radical (unpaired) electrons. The molecule has 4 rings (SSSR count). The largest absolute Gasteiger partial charge is 0.486 e. The second-order valence-electron chi connectivity index (χ2n) is 8.21. The van der Waals surface area contributed by atoms with Gasteiger partial charge in [0, 0.05) is 25.7 Å². The van der Waals surface area contributed by atoms with Crippen LogP contribution in [0.4, 0.5) is 4.39 Å². The molecule has 1 saturated carbocycles. The second-order valence-corrected chi connectivity index (χ2v) is 8.21. The Bertz CT molecular complexity index is 791. The maximum atomic E-state index is 12.9. The molecule has 156 valence electrons. The molecule has 6 heteroatoms. The molecule has 2 aliphatic rings. The molecule has 0 atom stereocenters. The first-order valence-corrected chi connectivity index (χ1v) is 10.7. The smallest absolute Gasteiger partial charge is 0.287 e. The van der Waals surface area contributed by atoms with Gasteiger partial charge in [0.1, 0.15) is 23.9 Å². The van der Waals surface area contributed by atoms with Crippen molar-refractivity contribution in [1.82, 2.24) is 10.2 Å². The third kappa shape index (κ3) is 5.60. The van der Waals surface area contributed by atoms with Crippen LogP contribution in [0.5, 0.6) is 5.75 Å². The Kier molecular flexibility index (Phi) is 6.49. The third-order valence-corrected chi connectivity index (χ3v) is 5.99. The zero-order valence-electron chi connectivity index (χ0n) is 16.7. The summed E-state index contributed by atoms with van der Waals surface area (Å²) in [6.07, 6.45) is 7.50. The van der Waals surface area contributed by atoms with Crippen LogP contribution in [-0.2, 0) is 6.61 Å². The summed E-state index contributed by atoms with van der Waals surface area (Å²) in [5.74, 6) is 1.81. The van der Waals surface area contributed by atoms with E-state index < -0.39 is 0 Å². The Morgan fingerprint density at radius 2 is 1.79 bits per heavy atom. The number of nitrogens with zero attached hydrogens (tertiary/aromatic N) is 1. The highest BCUT2D eigenvalue weighted by Crippen LogP contribution is 2.26. The van der Waals surface area contributed by atoms with Crippen molar-refractivity contribution >= 4 is 5.91 Å². The van der Waals surface area contributed by atoms with Crippen molar-refractivity contribution in [2.45, 2.75) is 51.2 Å². The first-order valence-electron chi connectivity index (χ1n) is 10.7. The lowest BCUT2D eigenvalue weighted by molar-refractivity contribution is 0.0874. The van der Waals surface area contributed by atoms with Crippen LogP contribution in [0.1, 0.15) is 54.8 Å². The van der Waals surface area contributed by atoms with Crippen LogP contribution in [0.2, 0.25) is 0 Å². The molecule has 0 spiro atoms. The summed E-state index contributed by atoms with van der Waals surface area (Å²) in [4.78, 5) is 15.0.